The van der Waals surface area contributed by atoms with Crippen LogP contribution in [0.15, 0.2) is 6.07 Å². The first-order valence-corrected chi connectivity index (χ1v) is 7.23. The van der Waals surface area contributed by atoms with Crippen molar-refractivity contribution >= 4 is 11.6 Å². The van der Waals surface area contributed by atoms with E-state index in [9.17, 15) is 0 Å². The molecule has 0 radical (unpaired) electrons. The lowest BCUT2D eigenvalue weighted by atomic mass is 9.98. The van der Waals surface area contributed by atoms with Crippen molar-refractivity contribution in [3.63, 3.8) is 0 Å². The van der Waals surface area contributed by atoms with Gasteiger partial charge in [-0.15, -0.1) is 0 Å². The molecule has 1 aromatic rings. The van der Waals surface area contributed by atoms with E-state index in [0.717, 1.165) is 37.6 Å². The van der Waals surface area contributed by atoms with Gasteiger partial charge in [0.15, 0.2) is 0 Å². The smallest absolute Gasteiger partial charge is 0.133 e. The summed E-state index contributed by atoms with van der Waals surface area (Å²) in [4.78, 5) is 11.2. The predicted octanol–water partition coefficient (Wildman–Crippen LogP) is 1.76. The number of likely N-dealkylation sites (tertiary alicyclic amines) is 1. The Morgan fingerprint density at radius 1 is 1.47 bits per heavy atom. The summed E-state index contributed by atoms with van der Waals surface area (Å²) in [5, 5.41) is 3.42. The molecule has 1 aliphatic rings. The second kappa shape index (κ2) is 6.70. The number of aryl methyl sites for hydroxylation is 1. The fraction of sp³-hybridized carbons (Fsp3) is 0.714. The highest BCUT2D eigenvalue weighted by Gasteiger charge is 2.17. The van der Waals surface area contributed by atoms with E-state index < -0.39 is 0 Å². The summed E-state index contributed by atoms with van der Waals surface area (Å²) in [5.41, 5.74) is 5.82. The zero-order valence-corrected chi connectivity index (χ0v) is 12.0. The third-order valence-electron chi connectivity index (χ3n) is 3.56. The zero-order chi connectivity index (χ0) is 13.7. The molecule has 0 aromatic carbocycles. The summed E-state index contributed by atoms with van der Waals surface area (Å²) in [6.45, 7) is 5.47. The van der Waals surface area contributed by atoms with Crippen molar-refractivity contribution in [3.05, 3.63) is 11.9 Å². The third kappa shape index (κ3) is 4.35. The number of piperidine rings is 1. The summed E-state index contributed by atoms with van der Waals surface area (Å²) in [5.74, 6) is 2.96. The van der Waals surface area contributed by atoms with Crippen LogP contribution in [0, 0.1) is 5.92 Å². The number of hydrogen-bond acceptors (Lipinski definition) is 5. The molecule has 1 saturated heterocycles. The van der Waals surface area contributed by atoms with E-state index in [1.54, 1.807) is 0 Å². The number of nitrogen functional groups attached to an aromatic ring is 1. The van der Waals surface area contributed by atoms with Gasteiger partial charge in [-0.3, -0.25) is 0 Å². The number of nitrogens with zero attached hydrogens (tertiary/aromatic N) is 3. The van der Waals surface area contributed by atoms with Crippen LogP contribution < -0.4 is 11.1 Å². The Labute approximate surface area is 115 Å². The minimum atomic E-state index is 0.557. The molecule has 0 saturated carbocycles. The van der Waals surface area contributed by atoms with Crippen LogP contribution in [0.4, 0.5) is 11.6 Å². The van der Waals surface area contributed by atoms with Gasteiger partial charge < -0.3 is 16.0 Å². The molecular formula is C14H25N5. The number of anilines is 2. The third-order valence-corrected chi connectivity index (χ3v) is 3.56. The molecular weight excluding hydrogens is 238 g/mol. The molecule has 5 nitrogen and oxygen atoms in total. The van der Waals surface area contributed by atoms with E-state index in [1.807, 2.05) is 6.07 Å². The number of nitrogens with one attached hydrogen (secondary N) is 1. The molecule has 0 bridgehead atoms. The molecule has 0 aliphatic carbocycles. The molecule has 2 heterocycles. The number of hydrogen-bond donors (Lipinski definition) is 2. The van der Waals surface area contributed by atoms with Crippen LogP contribution in [0.5, 0.6) is 0 Å². The molecule has 1 fully saturated rings. The van der Waals surface area contributed by atoms with E-state index in [2.05, 4.69) is 34.2 Å². The molecule has 1 atom stereocenters. The Bertz CT molecular complexity index is 407. The molecule has 3 N–H and O–H groups in total. The highest BCUT2D eigenvalue weighted by Crippen LogP contribution is 2.16. The lowest BCUT2D eigenvalue weighted by Gasteiger charge is -2.29. The largest absolute Gasteiger partial charge is 0.384 e. The van der Waals surface area contributed by atoms with Crippen LogP contribution in [0.25, 0.3) is 0 Å². The average molecular weight is 263 g/mol. The Morgan fingerprint density at radius 2 is 2.32 bits per heavy atom. The van der Waals surface area contributed by atoms with Gasteiger partial charge in [0.1, 0.15) is 17.5 Å². The highest BCUT2D eigenvalue weighted by molar-refractivity contribution is 5.44. The van der Waals surface area contributed by atoms with Crippen LogP contribution in [-0.2, 0) is 6.42 Å². The van der Waals surface area contributed by atoms with Gasteiger partial charge in [0.05, 0.1) is 0 Å². The first-order chi connectivity index (χ1) is 9.17. The van der Waals surface area contributed by atoms with Crippen molar-refractivity contribution in [3.8, 4) is 0 Å². The molecule has 1 unspecified atom stereocenters. The lowest BCUT2D eigenvalue weighted by Crippen LogP contribution is -2.35. The maximum atomic E-state index is 5.82. The standard InChI is InChI=1S/C14H25N5/c1-3-5-13-17-12(15)8-14(18-13)16-9-11-6-4-7-19(2)10-11/h8,11H,3-7,9-10H2,1-2H3,(H3,15,16,17,18). The topological polar surface area (TPSA) is 67.1 Å². The van der Waals surface area contributed by atoms with Crippen molar-refractivity contribution in [1.82, 2.24) is 14.9 Å². The Kier molecular flexibility index (Phi) is 4.96. The second-order valence-corrected chi connectivity index (χ2v) is 5.50. The van der Waals surface area contributed by atoms with Crippen LogP contribution >= 0.6 is 0 Å². The SMILES string of the molecule is CCCc1nc(N)cc(NCC2CCCN(C)C2)n1. The Balaban J connectivity index is 1.91. The first-order valence-electron chi connectivity index (χ1n) is 7.23. The van der Waals surface area contributed by atoms with Crippen LogP contribution in [-0.4, -0.2) is 41.5 Å². The minimum Gasteiger partial charge on any atom is -0.384 e. The molecule has 19 heavy (non-hydrogen) atoms. The summed E-state index contributed by atoms with van der Waals surface area (Å²) >= 11 is 0. The summed E-state index contributed by atoms with van der Waals surface area (Å²) in [7, 11) is 2.19. The van der Waals surface area contributed by atoms with Crippen molar-refractivity contribution in [1.29, 1.82) is 0 Å². The monoisotopic (exact) mass is 263 g/mol. The first kappa shape index (κ1) is 14.1. The maximum absolute atomic E-state index is 5.82. The quantitative estimate of drug-likeness (QED) is 0.847. The van der Waals surface area contributed by atoms with Crippen LogP contribution in [0.1, 0.15) is 32.0 Å². The van der Waals surface area contributed by atoms with E-state index in [4.69, 9.17) is 5.73 Å². The van der Waals surface area contributed by atoms with Gasteiger partial charge in [0.25, 0.3) is 0 Å². The lowest BCUT2D eigenvalue weighted by molar-refractivity contribution is 0.217. The number of nitrogens with two attached hydrogens (primary N) is 1. The fourth-order valence-corrected chi connectivity index (χ4v) is 2.63. The van der Waals surface area contributed by atoms with Gasteiger partial charge in [0.2, 0.25) is 0 Å². The molecule has 0 amide bonds. The van der Waals surface area contributed by atoms with Crippen molar-refractivity contribution in [2.24, 2.45) is 5.92 Å². The zero-order valence-electron chi connectivity index (χ0n) is 12.0. The molecule has 0 spiro atoms. The van der Waals surface area contributed by atoms with Gasteiger partial charge in [-0.25, -0.2) is 9.97 Å². The van der Waals surface area contributed by atoms with E-state index in [0.29, 0.717) is 11.7 Å². The van der Waals surface area contributed by atoms with Gasteiger partial charge in [-0.1, -0.05) is 6.92 Å². The van der Waals surface area contributed by atoms with Gasteiger partial charge >= 0.3 is 0 Å². The Morgan fingerprint density at radius 3 is 3.05 bits per heavy atom. The van der Waals surface area contributed by atoms with E-state index in [-0.39, 0.29) is 0 Å². The van der Waals surface area contributed by atoms with Crippen LogP contribution in [0.2, 0.25) is 0 Å². The minimum absolute atomic E-state index is 0.557. The molecule has 106 valence electrons. The molecule has 2 rings (SSSR count). The van der Waals surface area contributed by atoms with Crippen molar-refractivity contribution < 1.29 is 0 Å². The molecule has 5 heteroatoms. The fourth-order valence-electron chi connectivity index (χ4n) is 2.63. The second-order valence-electron chi connectivity index (χ2n) is 5.50. The van der Waals surface area contributed by atoms with E-state index in [1.165, 1.54) is 19.4 Å². The summed E-state index contributed by atoms with van der Waals surface area (Å²) < 4.78 is 0. The van der Waals surface area contributed by atoms with Crippen molar-refractivity contribution in [2.45, 2.75) is 32.6 Å². The summed E-state index contributed by atoms with van der Waals surface area (Å²) in [6.07, 6.45) is 4.50. The van der Waals surface area contributed by atoms with E-state index >= 15 is 0 Å². The summed E-state index contributed by atoms with van der Waals surface area (Å²) in [6, 6.07) is 1.83. The van der Waals surface area contributed by atoms with Crippen molar-refractivity contribution in [2.75, 3.05) is 37.7 Å². The van der Waals surface area contributed by atoms with Crippen LogP contribution in [0.3, 0.4) is 0 Å². The van der Waals surface area contributed by atoms with Gasteiger partial charge in [0, 0.05) is 25.6 Å². The number of aromatic nitrogens is 2. The maximum Gasteiger partial charge on any atom is 0.133 e. The van der Waals surface area contributed by atoms with Gasteiger partial charge in [-0.05, 0) is 38.8 Å². The van der Waals surface area contributed by atoms with Gasteiger partial charge in [-0.2, -0.15) is 0 Å². The predicted molar refractivity (Wildman–Crippen MR) is 79.2 cm³/mol. The Hall–Kier alpha value is -1.36. The molecule has 1 aromatic heterocycles. The normalized spacial score (nSPS) is 20.4. The molecule has 1 aliphatic heterocycles. The number of rotatable bonds is 5. The average Bonchev–Trinajstić information content (AvgIpc) is 2.36. The highest BCUT2D eigenvalue weighted by atomic mass is 15.1.